The largest absolute Gasteiger partial charge is 0.378 e. The fraction of sp³-hybridized carbons (Fsp3) is 0.421. The zero-order valence-electron chi connectivity index (χ0n) is 16.8. The van der Waals surface area contributed by atoms with Gasteiger partial charge in [0.15, 0.2) is 0 Å². The second-order valence-corrected chi connectivity index (χ2v) is 8.63. The van der Waals surface area contributed by atoms with E-state index in [4.69, 9.17) is 4.74 Å². The molecule has 0 radical (unpaired) electrons. The fourth-order valence-corrected chi connectivity index (χ4v) is 3.98. The van der Waals surface area contributed by atoms with Crippen molar-refractivity contribution in [1.82, 2.24) is 15.3 Å². The first-order valence-corrected chi connectivity index (χ1v) is 11.1. The molecule has 0 unspecified atom stereocenters. The number of aromatic nitrogens is 2. The van der Waals surface area contributed by atoms with E-state index in [1.807, 2.05) is 0 Å². The number of amides is 1. The van der Waals surface area contributed by atoms with Gasteiger partial charge >= 0.3 is 5.76 Å². The Morgan fingerprint density at radius 2 is 1.90 bits per heavy atom. The number of nitrogens with one attached hydrogen (secondary N) is 2. The van der Waals surface area contributed by atoms with Crippen molar-refractivity contribution in [2.75, 3.05) is 49.6 Å². The Bertz CT molecular complexity index is 1030. The van der Waals surface area contributed by atoms with Crippen LogP contribution in [0.15, 0.2) is 35.2 Å². The molecule has 1 aliphatic heterocycles. The molecule has 1 saturated heterocycles. The third kappa shape index (κ3) is 5.64. The van der Waals surface area contributed by atoms with Gasteiger partial charge in [0.1, 0.15) is 17.5 Å². The van der Waals surface area contributed by atoms with Crippen molar-refractivity contribution in [3.05, 3.63) is 41.7 Å². The van der Waals surface area contributed by atoms with Crippen LogP contribution >= 0.6 is 0 Å². The van der Waals surface area contributed by atoms with Gasteiger partial charge in [-0.15, -0.1) is 0 Å². The Labute approximate surface area is 178 Å². The molecule has 0 atom stereocenters. The zero-order valence-corrected chi connectivity index (χ0v) is 17.7. The van der Waals surface area contributed by atoms with Crippen LogP contribution in [0.2, 0.25) is 0 Å². The number of ether oxygens (including phenoxy) is 1. The molecule has 1 aromatic heterocycles. The highest BCUT2D eigenvalue weighted by atomic mass is 32.2. The fourth-order valence-electron chi connectivity index (χ4n) is 3.06. The van der Waals surface area contributed by atoms with Crippen LogP contribution in [0.3, 0.4) is 0 Å². The number of carbonyl (C=O) groups is 1. The Morgan fingerprint density at radius 3 is 2.61 bits per heavy atom. The third-order valence-corrected chi connectivity index (χ3v) is 5.99. The van der Waals surface area contributed by atoms with Gasteiger partial charge in [0.2, 0.25) is 9.84 Å². The van der Waals surface area contributed by atoms with E-state index < -0.39 is 26.4 Å². The van der Waals surface area contributed by atoms with Crippen molar-refractivity contribution in [2.45, 2.75) is 17.6 Å². The Balaban J connectivity index is 1.60. The standard InChI is InChI=1S/C19H23F2N5O4S/c1-13-24-16(12-17(25-13)26-8-10-30-11-9-26)22-6-7-23-18(27)14-4-2-3-5-15(14)31(28,29)19(20)21/h2-5,12,19H,6-11H2,1H3,(H,23,27)(H,22,24,25). The van der Waals surface area contributed by atoms with Gasteiger partial charge in [-0.25, -0.2) is 18.4 Å². The van der Waals surface area contributed by atoms with Crippen molar-refractivity contribution in [3.63, 3.8) is 0 Å². The highest BCUT2D eigenvalue weighted by molar-refractivity contribution is 7.91. The van der Waals surface area contributed by atoms with Gasteiger partial charge < -0.3 is 20.3 Å². The number of nitrogens with zero attached hydrogens (tertiary/aromatic N) is 3. The van der Waals surface area contributed by atoms with E-state index >= 15 is 0 Å². The van der Waals surface area contributed by atoms with Gasteiger partial charge in [-0.2, -0.15) is 8.78 Å². The van der Waals surface area contributed by atoms with Crippen LogP contribution < -0.4 is 15.5 Å². The number of halogens is 2. The zero-order chi connectivity index (χ0) is 22.4. The van der Waals surface area contributed by atoms with Crippen LogP contribution in [0.25, 0.3) is 0 Å². The van der Waals surface area contributed by atoms with Gasteiger partial charge in [-0.05, 0) is 19.1 Å². The summed E-state index contributed by atoms with van der Waals surface area (Å²) in [6.45, 7) is 4.89. The predicted octanol–water partition coefficient (Wildman–Crippen LogP) is 1.46. The summed E-state index contributed by atoms with van der Waals surface area (Å²) in [7, 11) is -4.89. The van der Waals surface area contributed by atoms with Gasteiger partial charge in [0.25, 0.3) is 5.91 Å². The van der Waals surface area contributed by atoms with Crippen molar-refractivity contribution >= 4 is 27.4 Å². The molecule has 2 N–H and O–H groups in total. The van der Waals surface area contributed by atoms with Gasteiger partial charge in [0.05, 0.1) is 23.7 Å². The number of hydrogen-bond acceptors (Lipinski definition) is 8. The highest BCUT2D eigenvalue weighted by Gasteiger charge is 2.30. The first-order valence-electron chi connectivity index (χ1n) is 9.60. The van der Waals surface area contributed by atoms with Gasteiger partial charge in [-0.1, -0.05) is 12.1 Å². The molecule has 0 bridgehead atoms. The van der Waals surface area contributed by atoms with E-state index in [9.17, 15) is 22.0 Å². The Morgan fingerprint density at radius 1 is 1.19 bits per heavy atom. The topological polar surface area (TPSA) is 114 Å². The first kappa shape index (κ1) is 22.8. The van der Waals surface area contributed by atoms with Gasteiger partial charge in [0, 0.05) is 32.2 Å². The molecular formula is C19H23F2N5O4S. The number of benzene rings is 1. The number of hydrogen-bond donors (Lipinski definition) is 2. The van der Waals surface area contributed by atoms with E-state index in [-0.39, 0.29) is 18.7 Å². The van der Waals surface area contributed by atoms with Gasteiger partial charge in [-0.3, -0.25) is 4.79 Å². The molecule has 0 aliphatic carbocycles. The van der Waals surface area contributed by atoms with Crippen LogP contribution in [-0.2, 0) is 14.6 Å². The minimum absolute atomic E-state index is 0.123. The highest BCUT2D eigenvalue weighted by Crippen LogP contribution is 2.22. The van der Waals surface area contributed by atoms with Crippen molar-refractivity contribution < 1.29 is 26.7 Å². The van der Waals surface area contributed by atoms with Crippen molar-refractivity contribution in [3.8, 4) is 0 Å². The number of morpholine rings is 1. The smallest absolute Gasteiger partial charge is 0.341 e. The maximum Gasteiger partial charge on any atom is 0.341 e. The number of carbonyl (C=O) groups excluding carboxylic acids is 1. The molecule has 9 nitrogen and oxygen atoms in total. The predicted molar refractivity (Wildman–Crippen MR) is 110 cm³/mol. The van der Waals surface area contributed by atoms with Crippen LogP contribution in [0.5, 0.6) is 0 Å². The molecule has 3 rings (SSSR count). The van der Waals surface area contributed by atoms with Crippen molar-refractivity contribution in [1.29, 1.82) is 0 Å². The molecule has 12 heteroatoms. The van der Waals surface area contributed by atoms with Crippen LogP contribution in [0.4, 0.5) is 20.4 Å². The molecule has 0 saturated carbocycles. The monoisotopic (exact) mass is 455 g/mol. The van der Waals surface area contributed by atoms with E-state index in [1.165, 1.54) is 18.2 Å². The normalized spacial score (nSPS) is 14.5. The summed E-state index contributed by atoms with van der Waals surface area (Å²) in [6.07, 6.45) is 0. The lowest BCUT2D eigenvalue weighted by atomic mass is 10.2. The molecule has 1 amide bonds. The van der Waals surface area contributed by atoms with E-state index in [2.05, 4.69) is 25.5 Å². The lowest BCUT2D eigenvalue weighted by molar-refractivity contribution is 0.0951. The molecular weight excluding hydrogens is 432 g/mol. The SMILES string of the molecule is Cc1nc(NCCNC(=O)c2ccccc2S(=O)(=O)C(F)F)cc(N2CCOCC2)n1. The summed E-state index contributed by atoms with van der Waals surface area (Å²) in [5, 5.41) is 5.60. The first-order chi connectivity index (χ1) is 14.8. The number of sulfone groups is 1. The molecule has 2 aromatic rings. The number of aryl methyl sites for hydroxylation is 1. The quantitative estimate of drug-likeness (QED) is 0.575. The Kier molecular flexibility index (Phi) is 7.33. The summed E-state index contributed by atoms with van der Waals surface area (Å²) in [5.74, 6) is -2.43. The van der Waals surface area contributed by atoms with E-state index in [0.717, 1.165) is 25.0 Å². The minimum atomic E-state index is -4.89. The van der Waals surface area contributed by atoms with E-state index in [1.54, 1.807) is 13.0 Å². The molecule has 1 aromatic carbocycles. The second-order valence-electron chi connectivity index (χ2n) is 6.74. The van der Waals surface area contributed by atoms with Crippen LogP contribution in [0, 0.1) is 6.92 Å². The molecule has 0 spiro atoms. The molecule has 1 aliphatic rings. The summed E-state index contributed by atoms with van der Waals surface area (Å²) >= 11 is 0. The average molecular weight is 455 g/mol. The molecule has 2 heterocycles. The lowest BCUT2D eigenvalue weighted by Gasteiger charge is -2.28. The second kappa shape index (κ2) is 9.96. The number of alkyl halides is 2. The molecule has 31 heavy (non-hydrogen) atoms. The lowest BCUT2D eigenvalue weighted by Crippen LogP contribution is -2.37. The maximum atomic E-state index is 12.9. The summed E-state index contributed by atoms with van der Waals surface area (Å²) in [5.41, 5.74) is -0.324. The average Bonchev–Trinajstić information content (AvgIpc) is 2.76. The van der Waals surface area contributed by atoms with Crippen LogP contribution in [0.1, 0.15) is 16.2 Å². The summed E-state index contributed by atoms with van der Waals surface area (Å²) in [6, 6.07) is 6.68. The van der Waals surface area contributed by atoms with Crippen LogP contribution in [-0.4, -0.2) is 69.4 Å². The number of rotatable bonds is 8. The minimum Gasteiger partial charge on any atom is -0.378 e. The molecule has 1 fully saturated rings. The van der Waals surface area contributed by atoms with Crippen molar-refractivity contribution in [2.24, 2.45) is 0 Å². The molecule has 168 valence electrons. The maximum absolute atomic E-state index is 12.9. The third-order valence-electron chi connectivity index (χ3n) is 4.55. The number of anilines is 2. The summed E-state index contributed by atoms with van der Waals surface area (Å²) < 4.78 is 54.7. The Hall–Kier alpha value is -2.86. The van der Waals surface area contributed by atoms with E-state index in [0.29, 0.717) is 24.9 Å². The summed E-state index contributed by atoms with van der Waals surface area (Å²) in [4.78, 5) is 22.5.